The van der Waals surface area contributed by atoms with Gasteiger partial charge in [-0.2, -0.15) is 5.10 Å². The first kappa shape index (κ1) is 16.9. The summed E-state index contributed by atoms with van der Waals surface area (Å²) in [4.78, 5) is 0.0148. The summed E-state index contributed by atoms with van der Waals surface area (Å²) in [6.45, 7) is 1.72. The van der Waals surface area contributed by atoms with Crippen molar-refractivity contribution >= 4 is 21.4 Å². The van der Waals surface area contributed by atoms with Crippen LogP contribution < -0.4 is 15.3 Å². The van der Waals surface area contributed by atoms with Gasteiger partial charge in [-0.05, 0) is 49.4 Å². The third kappa shape index (κ3) is 4.27. The lowest BCUT2D eigenvalue weighted by Crippen LogP contribution is -2.11. The molecule has 8 heteroatoms. The van der Waals surface area contributed by atoms with Crippen LogP contribution in [0, 0.1) is 5.82 Å². The van der Waals surface area contributed by atoms with Gasteiger partial charge in [-0.1, -0.05) is 0 Å². The van der Waals surface area contributed by atoms with Gasteiger partial charge >= 0.3 is 0 Å². The van der Waals surface area contributed by atoms with E-state index in [-0.39, 0.29) is 10.6 Å². The predicted molar refractivity (Wildman–Crippen MR) is 86.6 cm³/mol. The zero-order chi connectivity index (χ0) is 17.0. The van der Waals surface area contributed by atoms with Crippen LogP contribution in [0.15, 0.2) is 52.5 Å². The number of hydrogen-bond acceptors (Lipinski definition) is 5. The van der Waals surface area contributed by atoms with E-state index in [2.05, 4.69) is 10.5 Å². The number of primary sulfonamides is 1. The summed E-state index contributed by atoms with van der Waals surface area (Å²) >= 11 is 0. The number of anilines is 1. The van der Waals surface area contributed by atoms with Crippen molar-refractivity contribution in [2.45, 2.75) is 11.8 Å². The molecule has 6 nitrogen and oxygen atoms in total. The number of hydrogen-bond donors (Lipinski definition) is 2. The topological polar surface area (TPSA) is 93.8 Å². The molecule has 0 unspecified atom stereocenters. The van der Waals surface area contributed by atoms with Gasteiger partial charge in [0.15, 0.2) is 11.6 Å². The van der Waals surface area contributed by atoms with Crippen LogP contribution in [0.4, 0.5) is 10.1 Å². The maximum atomic E-state index is 13.7. The Hall–Kier alpha value is -2.45. The summed E-state index contributed by atoms with van der Waals surface area (Å²) in [5.74, 6) is -0.315. The van der Waals surface area contributed by atoms with Gasteiger partial charge < -0.3 is 4.74 Å². The maximum Gasteiger partial charge on any atom is 0.238 e. The summed E-state index contributed by atoms with van der Waals surface area (Å²) in [6, 6.07) is 10.3. The molecule has 0 aromatic heterocycles. The lowest BCUT2D eigenvalue weighted by Gasteiger charge is -2.06. The van der Waals surface area contributed by atoms with Crippen LogP contribution in [-0.2, 0) is 10.0 Å². The van der Waals surface area contributed by atoms with Gasteiger partial charge in [0, 0.05) is 5.56 Å². The number of ether oxygens (including phenoxy) is 1. The molecular formula is C15H16FN3O3S. The van der Waals surface area contributed by atoms with E-state index in [9.17, 15) is 12.8 Å². The fraction of sp³-hybridized carbons (Fsp3) is 0.133. The normalized spacial score (nSPS) is 12.1. The van der Waals surface area contributed by atoms with Gasteiger partial charge in [0.2, 0.25) is 10.0 Å². The second-order valence-electron chi connectivity index (χ2n) is 4.73. The minimum absolute atomic E-state index is 0.0148. The van der Waals surface area contributed by atoms with Gasteiger partial charge in [-0.15, -0.1) is 0 Å². The fourth-order valence-corrected chi connectivity index (χ4v) is 2.34. The number of methoxy groups -OCH3 is 1. The molecule has 0 spiro atoms. The summed E-state index contributed by atoms with van der Waals surface area (Å²) in [7, 11) is -2.33. The van der Waals surface area contributed by atoms with Gasteiger partial charge in [0.25, 0.3) is 0 Å². The number of hydrazone groups is 1. The average molecular weight is 337 g/mol. The standard InChI is InChI=1S/C15H16FN3O3S/c1-10(11-3-8-15(22-2)14(16)9-11)18-19-12-4-6-13(7-5-12)23(17,20)21/h3-9,19H,1-2H3,(H2,17,20,21)/b18-10-. The molecule has 0 atom stereocenters. The first-order chi connectivity index (χ1) is 10.8. The minimum atomic E-state index is -3.72. The fourth-order valence-electron chi connectivity index (χ4n) is 1.82. The summed E-state index contributed by atoms with van der Waals surface area (Å²) < 4.78 is 40.8. The molecule has 0 aliphatic heterocycles. The number of benzene rings is 2. The number of nitrogens with one attached hydrogen (secondary N) is 1. The van der Waals surface area contributed by atoms with Crippen LogP contribution in [0.25, 0.3) is 0 Å². The molecule has 0 bridgehead atoms. The number of rotatable bonds is 5. The van der Waals surface area contributed by atoms with Crippen molar-refractivity contribution in [3.8, 4) is 5.75 Å². The molecule has 23 heavy (non-hydrogen) atoms. The van der Waals surface area contributed by atoms with E-state index >= 15 is 0 Å². The van der Waals surface area contributed by atoms with E-state index in [0.717, 1.165) is 0 Å². The van der Waals surface area contributed by atoms with Crippen molar-refractivity contribution in [3.63, 3.8) is 0 Å². The second kappa shape index (κ2) is 6.76. The minimum Gasteiger partial charge on any atom is -0.494 e. The highest BCUT2D eigenvalue weighted by Crippen LogP contribution is 2.18. The highest BCUT2D eigenvalue weighted by atomic mass is 32.2. The molecule has 0 radical (unpaired) electrons. The van der Waals surface area contributed by atoms with Gasteiger partial charge in [-0.3, -0.25) is 5.43 Å². The Kier molecular flexibility index (Phi) is 4.97. The molecule has 2 aromatic rings. The van der Waals surface area contributed by atoms with Crippen molar-refractivity contribution in [2.24, 2.45) is 10.2 Å². The molecule has 0 saturated carbocycles. The molecular weight excluding hydrogens is 321 g/mol. The van der Waals surface area contributed by atoms with Crippen molar-refractivity contribution in [3.05, 3.63) is 53.8 Å². The Morgan fingerprint density at radius 2 is 1.87 bits per heavy atom. The first-order valence-corrected chi connectivity index (χ1v) is 8.13. The maximum absolute atomic E-state index is 13.7. The smallest absolute Gasteiger partial charge is 0.238 e. The van der Waals surface area contributed by atoms with Crippen LogP contribution in [0.3, 0.4) is 0 Å². The third-order valence-electron chi connectivity index (χ3n) is 3.11. The van der Waals surface area contributed by atoms with E-state index < -0.39 is 15.8 Å². The third-order valence-corrected chi connectivity index (χ3v) is 4.03. The Labute approximate surface area is 133 Å². The zero-order valence-corrected chi connectivity index (χ0v) is 13.4. The molecule has 3 N–H and O–H groups in total. The molecule has 2 aromatic carbocycles. The molecule has 0 aliphatic rings. The van der Waals surface area contributed by atoms with Crippen LogP contribution in [0.1, 0.15) is 12.5 Å². The lowest BCUT2D eigenvalue weighted by molar-refractivity contribution is 0.386. The van der Waals surface area contributed by atoms with E-state index in [0.29, 0.717) is 17.0 Å². The van der Waals surface area contributed by atoms with Gasteiger partial charge in [0.1, 0.15) is 0 Å². The number of sulfonamides is 1. The summed E-state index contributed by atoms with van der Waals surface area (Å²) in [5.41, 5.74) is 4.49. The Morgan fingerprint density at radius 3 is 2.39 bits per heavy atom. The Morgan fingerprint density at radius 1 is 1.22 bits per heavy atom. The van der Waals surface area contributed by atoms with Crippen LogP contribution in [0.5, 0.6) is 5.75 Å². The lowest BCUT2D eigenvalue weighted by atomic mass is 10.1. The van der Waals surface area contributed by atoms with Crippen molar-refractivity contribution < 1.29 is 17.5 Å². The van der Waals surface area contributed by atoms with E-state index in [1.165, 1.54) is 43.5 Å². The zero-order valence-electron chi connectivity index (χ0n) is 12.6. The molecule has 0 saturated heterocycles. The van der Waals surface area contributed by atoms with Crippen LogP contribution in [0.2, 0.25) is 0 Å². The predicted octanol–water partition coefficient (Wildman–Crippen LogP) is 2.32. The van der Waals surface area contributed by atoms with Crippen LogP contribution in [-0.4, -0.2) is 21.2 Å². The van der Waals surface area contributed by atoms with Crippen LogP contribution >= 0.6 is 0 Å². The van der Waals surface area contributed by atoms with Crippen molar-refractivity contribution in [2.75, 3.05) is 12.5 Å². The second-order valence-corrected chi connectivity index (χ2v) is 6.29. The molecule has 0 fully saturated rings. The number of halogens is 1. The quantitative estimate of drug-likeness (QED) is 0.647. The highest BCUT2D eigenvalue weighted by molar-refractivity contribution is 7.89. The van der Waals surface area contributed by atoms with Gasteiger partial charge in [0.05, 0.1) is 23.4 Å². The van der Waals surface area contributed by atoms with Crippen molar-refractivity contribution in [1.82, 2.24) is 0 Å². The molecule has 122 valence electrons. The molecule has 0 heterocycles. The summed E-state index contributed by atoms with van der Waals surface area (Å²) in [6.07, 6.45) is 0. The van der Waals surface area contributed by atoms with E-state index in [4.69, 9.17) is 9.88 Å². The average Bonchev–Trinajstić information content (AvgIpc) is 2.52. The monoisotopic (exact) mass is 337 g/mol. The Bertz CT molecular complexity index is 834. The Balaban J connectivity index is 2.14. The molecule has 0 aliphatic carbocycles. The van der Waals surface area contributed by atoms with E-state index in [1.54, 1.807) is 13.0 Å². The SMILES string of the molecule is COc1ccc(/C(C)=N\Nc2ccc(S(N)(=O)=O)cc2)cc1F. The largest absolute Gasteiger partial charge is 0.494 e. The van der Waals surface area contributed by atoms with Crippen molar-refractivity contribution in [1.29, 1.82) is 0 Å². The molecule has 0 amide bonds. The highest BCUT2D eigenvalue weighted by Gasteiger charge is 2.07. The summed E-state index contributed by atoms with van der Waals surface area (Å²) in [5, 5.41) is 9.15. The molecule has 2 rings (SSSR count). The number of nitrogens with zero attached hydrogens (tertiary/aromatic N) is 1. The van der Waals surface area contributed by atoms with E-state index in [1.807, 2.05) is 0 Å². The number of nitrogens with two attached hydrogens (primary N) is 1. The first-order valence-electron chi connectivity index (χ1n) is 6.58. The van der Waals surface area contributed by atoms with Gasteiger partial charge in [-0.25, -0.2) is 17.9 Å².